The zero-order chi connectivity index (χ0) is 12.2. The first-order chi connectivity index (χ1) is 7.54. The van der Waals surface area contributed by atoms with Crippen molar-refractivity contribution in [1.29, 1.82) is 0 Å². The summed E-state index contributed by atoms with van der Waals surface area (Å²) >= 11 is 0. The molecule has 0 amide bonds. The molecule has 1 atom stereocenters. The van der Waals surface area contributed by atoms with Gasteiger partial charge in [-0.15, -0.1) is 0 Å². The molecule has 0 N–H and O–H groups in total. The van der Waals surface area contributed by atoms with Crippen molar-refractivity contribution in [1.82, 2.24) is 0 Å². The molecule has 4 heteroatoms. The molecule has 0 aromatic carbocycles. The van der Waals surface area contributed by atoms with Crippen LogP contribution < -0.4 is 0 Å². The summed E-state index contributed by atoms with van der Waals surface area (Å²) in [5, 5.41) is 0. The highest BCUT2D eigenvalue weighted by Gasteiger charge is 2.38. The Morgan fingerprint density at radius 2 is 1.81 bits per heavy atom. The average molecular weight is 228 g/mol. The van der Waals surface area contributed by atoms with Gasteiger partial charge in [-0.05, 0) is 39.0 Å². The quantitative estimate of drug-likeness (QED) is 0.546. The van der Waals surface area contributed by atoms with Crippen LogP contribution in [0.2, 0.25) is 0 Å². The second-order valence-corrected chi connectivity index (χ2v) is 4.41. The van der Waals surface area contributed by atoms with Gasteiger partial charge in [0.1, 0.15) is 5.60 Å². The second-order valence-electron chi connectivity index (χ2n) is 4.41. The van der Waals surface area contributed by atoms with E-state index in [-0.39, 0.29) is 5.60 Å². The average Bonchev–Trinajstić information content (AvgIpc) is 2.76. The Labute approximate surface area is 96.3 Å². The van der Waals surface area contributed by atoms with E-state index in [1.807, 2.05) is 6.92 Å². The van der Waals surface area contributed by atoms with E-state index in [9.17, 15) is 9.59 Å². The molecule has 0 radical (unpaired) electrons. The third-order valence-electron chi connectivity index (χ3n) is 3.38. The number of rotatable bonds is 4. The number of esters is 2. The molecule has 0 bridgehead atoms. The summed E-state index contributed by atoms with van der Waals surface area (Å²) in [6.45, 7) is 3.54. The SMILES string of the molecule is CCC1(OC(=O)C(C)C(=O)OC)CCCC1. The zero-order valence-corrected chi connectivity index (χ0v) is 10.2. The van der Waals surface area contributed by atoms with Crippen LogP contribution in [0.1, 0.15) is 46.0 Å². The van der Waals surface area contributed by atoms with Crippen molar-refractivity contribution < 1.29 is 19.1 Å². The van der Waals surface area contributed by atoms with Crippen molar-refractivity contribution in [3.8, 4) is 0 Å². The number of methoxy groups -OCH3 is 1. The molecule has 0 aliphatic heterocycles. The van der Waals surface area contributed by atoms with E-state index in [1.54, 1.807) is 0 Å². The van der Waals surface area contributed by atoms with E-state index < -0.39 is 17.9 Å². The molecule has 92 valence electrons. The van der Waals surface area contributed by atoms with Crippen LogP contribution in [0.3, 0.4) is 0 Å². The van der Waals surface area contributed by atoms with E-state index >= 15 is 0 Å². The van der Waals surface area contributed by atoms with Crippen LogP contribution in [0.15, 0.2) is 0 Å². The molecule has 1 saturated carbocycles. The van der Waals surface area contributed by atoms with Gasteiger partial charge >= 0.3 is 11.9 Å². The van der Waals surface area contributed by atoms with Gasteiger partial charge in [-0.2, -0.15) is 0 Å². The summed E-state index contributed by atoms with van der Waals surface area (Å²) < 4.78 is 10.0. The molecule has 4 nitrogen and oxygen atoms in total. The van der Waals surface area contributed by atoms with E-state index in [0.29, 0.717) is 0 Å². The first-order valence-corrected chi connectivity index (χ1v) is 5.85. The van der Waals surface area contributed by atoms with Gasteiger partial charge in [-0.1, -0.05) is 6.92 Å². The Hall–Kier alpha value is -1.06. The molecule has 1 aliphatic carbocycles. The third kappa shape index (κ3) is 2.74. The van der Waals surface area contributed by atoms with Gasteiger partial charge in [0.25, 0.3) is 0 Å². The number of carbonyl (C=O) groups is 2. The molecule has 1 rings (SSSR count). The first-order valence-electron chi connectivity index (χ1n) is 5.85. The molecule has 0 saturated heterocycles. The molecule has 1 unspecified atom stereocenters. The van der Waals surface area contributed by atoms with Crippen molar-refractivity contribution in [3.05, 3.63) is 0 Å². The molecule has 16 heavy (non-hydrogen) atoms. The van der Waals surface area contributed by atoms with Crippen LogP contribution in [0, 0.1) is 5.92 Å². The minimum atomic E-state index is -0.825. The van der Waals surface area contributed by atoms with Crippen LogP contribution in [-0.4, -0.2) is 24.6 Å². The van der Waals surface area contributed by atoms with Crippen molar-refractivity contribution in [2.24, 2.45) is 5.92 Å². The smallest absolute Gasteiger partial charge is 0.320 e. The molecule has 1 fully saturated rings. The van der Waals surface area contributed by atoms with Gasteiger partial charge in [-0.25, -0.2) is 0 Å². The topological polar surface area (TPSA) is 52.6 Å². The van der Waals surface area contributed by atoms with E-state index in [1.165, 1.54) is 14.0 Å². The fourth-order valence-corrected chi connectivity index (χ4v) is 2.12. The molecule has 0 aromatic rings. The summed E-state index contributed by atoms with van der Waals surface area (Å²) in [6.07, 6.45) is 4.81. The lowest BCUT2D eigenvalue weighted by Crippen LogP contribution is -2.35. The summed E-state index contributed by atoms with van der Waals surface area (Å²) in [4.78, 5) is 22.9. The van der Waals surface area contributed by atoms with Crippen molar-refractivity contribution >= 4 is 11.9 Å². The lowest BCUT2D eigenvalue weighted by molar-refractivity contribution is -0.170. The zero-order valence-electron chi connectivity index (χ0n) is 10.2. The summed E-state index contributed by atoms with van der Waals surface area (Å²) in [5.41, 5.74) is -0.334. The van der Waals surface area contributed by atoms with Crippen molar-refractivity contribution in [2.45, 2.75) is 51.6 Å². The highest BCUT2D eigenvalue weighted by Crippen LogP contribution is 2.36. The Kier molecular flexibility index (Phi) is 4.33. The highest BCUT2D eigenvalue weighted by atomic mass is 16.6. The Bertz CT molecular complexity index is 266. The minimum absolute atomic E-state index is 0.334. The predicted octanol–water partition coefficient (Wildman–Crippen LogP) is 2.06. The van der Waals surface area contributed by atoms with E-state index in [0.717, 1.165) is 32.1 Å². The predicted molar refractivity (Wildman–Crippen MR) is 58.8 cm³/mol. The largest absolute Gasteiger partial charge is 0.468 e. The van der Waals surface area contributed by atoms with Crippen LogP contribution in [0.25, 0.3) is 0 Å². The fraction of sp³-hybridized carbons (Fsp3) is 0.833. The van der Waals surface area contributed by atoms with E-state index in [4.69, 9.17) is 4.74 Å². The molecule has 0 heterocycles. The molecule has 0 aromatic heterocycles. The Balaban J connectivity index is 2.58. The minimum Gasteiger partial charge on any atom is -0.468 e. The Morgan fingerprint density at radius 1 is 1.25 bits per heavy atom. The van der Waals surface area contributed by atoms with Crippen molar-refractivity contribution in [3.63, 3.8) is 0 Å². The maximum Gasteiger partial charge on any atom is 0.320 e. The maximum absolute atomic E-state index is 11.7. The molecule has 0 spiro atoms. The fourth-order valence-electron chi connectivity index (χ4n) is 2.12. The van der Waals surface area contributed by atoms with E-state index in [2.05, 4.69) is 4.74 Å². The van der Waals surface area contributed by atoms with Crippen LogP contribution in [0.4, 0.5) is 0 Å². The number of hydrogen-bond donors (Lipinski definition) is 0. The summed E-state index contributed by atoms with van der Waals surface area (Å²) in [7, 11) is 1.28. The van der Waals surface area contributed by atoms with Crippen LogP contribution >= 0.6 is 0 Å². The van der Waals surface area contributed by atoms with Gasteiger partial charge < -0.3 is 9.47 Å². The third-order valence-corrected chi connectivity index (χ3v) is 3.38. The summed E-state index contributed by atoms with van der Waals surface area (Å²) in [6, 6.07) is 0. The van der Waals surface area contributed by atoms with Gasteiger partial charge in [0, 0.05) is 0 Å². The van der Waals surface area contributed by atoms with Gasteiger partial charge in [0.05, 0.1) is 7.11 Å². The standard InChI is InChI=1S/C12H20O4/c1-4-12(7-5-6-8-12)16-11(14)9(2)10(13)15-3/h9H,4-8H2,1-3H3. The monoisotopic (exact) mass is 228 g/mol. The van der Waals surface area contributed by atoms with Gasteiger partial charge in [0.15, 0.2) is 5.92 Å². The van der Waals surface area contributed by atoms with Crippen LogP contribution in [-0.2, 0) is 19.1 Å². The van der Waals surface area contributed by atoms with Gasteiger partial charge in [0.2, 0.25) is 0 Å². The lowest BCUT2D eigenvalue weighted by Gasteiger charge is -2.28. The molecule has 1 aliphatic rings. The number of hydrogen-bond acceptors (Lipinski definition) is 4. The number of ether oxygens (including phenoxy) is 2. The lowest BCUT2D eigenvalue weighted by atomic mass is 9.98. The van der Waals surface area contributed by atoms with Crippen molar-refractivity contribution in [2.75, 3.05) is 7.11 Å². The molecular weight excluding hydrogens is 208 g/mol. The highest BCUT2D eigenvalue weighted by molar-refractivity contribution is 5.94. The maximum atomic E-state index is 11.7. The normalized spacial score (nSPS) is 20.2. The second kappa shape index (κ2) is 5.32. The summed E-state index contributed by atoms with van der Waals surface area (Å²) in [5.74, 6) is -1.82. The molecular formula is C12H20O4. The first kappa shape index (κ1) is 13.0. The number of carbonyl (C=O) groups excluding carboxylic acids is 2. The van der Waals surface area contributed by atoms with Gasteiger partial charge in [-0.3, -0.25) is 9.59 Å². The van der Waals surface area contributed by atoms with Crippen LogP contribution in [0.5, 0.6) is 0 Å². The Morgan fingerprint density at radius 3 is 2.25 bits per heavy atom.